The summed E-state index contributed by atoms with van der Waals surface area (Å²) in [5, 5.41) is 15.3. The number of hydrogen-bond donors (Lipinski definition) is 2. The van der Waals surface area contributed by atoms with Crippen LogP contribution in [-0.2, 0) is 14.3 Å². The second kappa shape index (κ2) is 9.71. The van der Waals surface area contributed by atoms with Gasteiger partial charge >= 0.3 is 11.7 Å². The zero-order chi connectivity index (χ0) is 19.9. The van der Waals surface area contributed by atoms with E-state index in [1.54, 1.807) is 12.2 Å². The standard InChI is InChI=1S/C17H25N3O6/c1-6-10(2)16(17(22)26-5)18-9-15(21)19-12-8-14(25-4)13(20(23)24)7-11(12)3/h7-8,10,16,18H,6,9H2,1-5H3,(H,19,21)/p+1/t10-,16+/m0/s1. The molecule has 0 spiro atoms. The Morgan fingerprint density at radius 1 is 1.35 bits per heavy atom. The fourth-order valence-electron chi connectivity index (χ4n) is 2.50. The number of benzene rings is 1. The van der Waals surface area contributed by atoms with Crippen LogP contribution in [0.4, 0.5) is 11.4 Å². The number of nitrogens with two attached hydrogens (primary N) is 1. The summed E-state index contributed by atoms with van der Waals surface area (Å²) in [5.74, 6) is -0.593. The first-order valence-electron chi connectivity index (χ1n) is 8.29. The van der Waals surface area contributed by atoms with E-state index < -0.39 is 11.0 Å². The molecule has 2 atom stereocenters. The maximum absolute atomic E-state index is 12.2. The Hall–Kier alpha value is -2.68. The summed E-state index contributed by atoms with van der Waals surface area (Å²) in [7, 11) is 2.64. The van der Waals surface area contributed by atoms with Crippen molar-refractivity contribution >= 4 is 23.3 Å². The number of rotatable bonds is 9. The second-order valence-electron chi connectivity index (χ2n) is 6.02. The lowest BCUT2D eigenvalue weighted by Crippen LogP contribution is -2.94. The Labute approximate surface area is 152 Å². The average Bonchev–Trinajstić information content (AvgIpc) is 2.62. The quantitative estimate of drug-likeness (QED) is 0.381. The Kier molecular flexibility index (Phi) is 7.98. The molecule has 9 nitrogen and oxygen atoms in total. The van der Waals surface area contributed by atoms with Gasteiger partial charge in [-0.3, -0.25) is 14.9 Å². The van der Waals surface area contributed by atoms with Crippen molar-refractivity contribution in [2.24, 2.45) is 5.92 Å². The molecular formula is C17H26N3O6+. The van der Waals surface area contributed by atoms with E-state index in [9.17, 15) is 19.7 Å². The number of quaternary nitrogens is 1. The lowest BCUT2D eigenvalue weighted by atomic mass is 9.99. The van der Waals surface area contributed by atoms with Crippen molar-refractivity contribution in [3.63, 3.8) is 0 Å². The van der Waals surface area contributed by atoms with Crippen LogP contribution in [0.15, 0.2) is 12.1 Å². The summed E-state index contributed by atoms with van der Waals surface area (Å²) < 4.78 is 9.80. The van der Waals surface area contributed by atoms with E-state index >= 15 is 0 Å². The smallest absolute Gasteiger partial charge is 0.364 e. The largest absolute Gasteiger partial charge is 0.490 e. The van der Waals surface area contributed by atoms with Crippen LogP contribution in [-0.4, -0.2) is 43.6 Å². The van der Waals surface area contributed by atoms with E-state index in [1.165, 1.54) is 26.4 Å². The maximum Gasteiger partial charge on any atom is 0.364 e. The molecular weight excluding hydrogens is 342 g/mol. The maximum atomic E-state index is 12.2. The number of nitro groups is 1. The number of hydrogen-bond acceptors (Lipinski definition) is 6. The van der Waals surface area contributed by atoms with Crippen LogP contribution in [0.2, 0.25) is 0 Å². The fraction of sp³-hybridized carbons (Fsp3) is 0.529. The third-order valence-corrected chi connectivity index (χ3v) is 4.28. The lowest BCUT2D eigenvalue weighted by molar-refractivity contribution is -0.673. The molecule has 0 radical (unpaired) electrons. The van der Waals surface area contributed by atoms with E-state index in [4.69, 9.17) is 9.47 Å². The van der Waals surface area contributed by atoms with Crippen LogP contribution in [0.5, 0.6) is 5.75 Å². The van der Waals surface area contributed by atoms with Gasteiger partial charge in [0.15, 0.2) is 18.3 Å². The third-order valence-electron chi connectivity index (χ3n) is 4.28. The first kappa shape index (κ1) is 21.4. The second-order valence-corrected chi connectivity index (χ2v) is 6.02. The van der Waals surface area contributed by atoms with Gasteiger partial charge in [-0.1, -0.05) is 13.8 Å². The highest BCUT2D eigenvalue weighted by molar-refractivity contribution is 5.92. The molecule has 1 aromatic carbocycles. The SMILES string of the molecule is CC[C@H](C)[C@@H]([NH2+]CC(=O)Nc1cc(OC)c([N+](=O)[O-])cc1C)C(=O)OC. The van der Waals surface area contributed by atoms with E-state index in [0.29, 0.717) is 11.3 Å². The molecule has 0 aromatic heterocycles. The van der Waals surface area contributed by atoms with Crippen molar-refractivity contribution in [2.75, 3.05) is 26.1 Å². The molecule has 0 saturated carbocycles. The van der Waals surface area contributed by atoms with Crippen molar-refractivity contribution in [1.29, 1.82) is 0 Å². The Morgan fingerprint density at radius 2 is 2.00 bits per heavy atom. The Morgan fingerprint density at radius 3 is 2.50 bits per heavy atom. The van der Waals surface area contributed by atoms with Gasteiger partial charge in [0.1, 0.15) is 0 Å². The van der Waals surface area contributed by atoms with Crippen molar-refractivity contribution < 1.29 is 29.3 Å². The summed E-state index contributed by atoms with van der Waals surface area (Å²) in [6.45, 7) is 5.55. The molecule has 0 aliphatic rings. The van der Waals surface area contributed by atoms with Gasteiger partial charge in [-0.2, -0.15) is 0 Å². The highest BCUT2D eigenvalue weighted by Crippen LogP contribution is 2.32. The number of nitrogens with zero attached hydrogens (tertiary/aromatic N) is 1. The molecule has 144 valence electrons. The first-order chi connectivity index (χ1) is 12.2. The normalized spacial score (nSPS) is 12.8. The molecule has 1 amide bonds. The van der Waals surface area contributed by atoms with Crippen molar-refractivity contribution in [3.05, 3.63) is 27.8 Å². The van der Waals surface area contributed by atoms with Crippen LogP contribution in [0.3, 0.4) is 0 Å². The molecule has 26 heavy (non-hydrogen) atoms. The van der Waals surface area contributed by atoms with Gasteiger partial charge in [-0.05, 0) is 18.9 Å². The van der Waals surface area contributed by atoms with Gasteiger partial charge in [0.25, 0.3) is 5.91 Å². The molecule has 0 fully saturated rings. The molecule has 0 saturated heterocycles. The highest BCUT2D eigenvalue weighted by Gasteiger charge is 2.29. The molecule has 1 rings (SSSR count). The number of ether oxygens (including phenoxy) is 2. The minimum absolute atomic E-state index is 0.0167. The van der Waals surface area contributed by atoms with Crippen LogP contribution >= 0.6 is 0 Å². The molecule has 0 unspecified atom stereocenters. The van der Waals surface area contributed by atoms with Gasteiger partial charge in [-0.15, -0.1) is 0 Å². The van der Waals surface area contributed by atoms with Crippen LogP contribution in [0.25, 0.3) is 0 Å². The average molecular weight is 368 g/mol. The minimum Gasteiger partial charge on any atom is -0.490 e. The van der Waals surface area contributed by atoms with Gasteiger partial charge in [0.05, 0.1) is 19.1 Å². The van der Waals surface area contributed by atoms with Crippen molar-refractivity contribution in [3.8, 4) is 5.75 Å². The Balaban J connectivity index is 2.84. The summed E-state index contributed by atoms with van der Waals surface area (Å²) in [4.78, 5) is 34.6. The predicted molar refractivity (Wildman–Crippen MR) is 95.1 cm³/mol. The van der Waals surface area contributed by atoms with Gasteiger partial charge in [-0.25, -0.2) is 4.79 Å². The highest BCUT2D eigenvalue weighted by atomic mass is 16.6. The topological polar surface area (TPSA) is 124 Å². The van der Waals surface area contributed by atoms with Crippen LogP contribution < -0.4 is 15.4 Å². The number of nitro benzene ring substituents is 1. The number of carbonyl (C=O) groups excluding carboxylic acids is 2. The first-order valence-corrected chi connectivity index (χ1v) is 8.29. The summed E-state index contributed by atoms with van der Waals surface area (Å²) in [6, 6.07) is 2.29. The van der Waals surface area contributed by atoms with Crippen LogP contribution in [0.1, 0.15) is 25.8 Å². The number of carbonyl (C=O) groups is 2. The number of aryl methyl sites for hydroxylation is 1. The number of nitrogens with one attached hydrogen (secondary N) is 1. The molecule has 0 aliphatic carbocycles. The molecule has 0 aliphatic heterocycles. The van der Waals surface area contributed by atoms with Crippen LogP contribution in [0, 0.1) is 23.0 Å². The monoisotopic (exact) mass is 368 g/mol. The molecule has 3 N–H and O–H groups in total. The number of esters is 1. The number of methoxy groups -OCH3 is 2. The van der Waals surface area contributed by atoms with Gasteiger partial charge in [0, 0.05) is 23.7 Å². The van der Waals surface area contributed by atoms with E-state index in [2.05, 4.69) is 5.32 Å². The van der Waals surface area contributed by atoms with E-state index in [1.807, 2.05) is 13.8 Å². The summed E-state index contributed by atoms with van der Waals surface area (Å²) >= 11 is 0. The Bertz CT molecular complexity index is 677. The lowest BCUT2D eigenvalue weighted by Gasteiger charge is -2.18. The zero-order valence-electron chi connectivity index (χ0n) is 15.7. The predicted octanol–water partition coefficient (Wildman–Crippen LogP) is 1.00. The zero-order valence-corrected chi connectivity index (χ0v) is 15.7. The molecule has 1 aromatic rings. The summed E-state index contributed by atoms with van der Waals surface area (Å²) in [5.41, 5.74) is 0.790. The number of anilines is 1. The third kappa shape index (κ3) is 5.41. The molecule has 0 heterocycles. The van der Waals surface area contributed by atoms with Crippen molar-refractivity contribution in [2.45, 2.75) is 33.2 Å². The summed E-state index contributed by atoms with van der Waals surface area (Å²) in [6.07, 6.45) is 0.774. The number of amides is 1. The van der Waals surface area contributed by atoms with E-state index in [0.717, 1.165) is 6.42 Å². The molecule has 0 bridgehead atoms. The van der Waals surface area contributed by atoms with E-state index in [-0.39, 0.29) is 35.8 Å². The van der Waals surface area contributed by atoms with Crippen molar-refractivity contribution in [1.82, 2.24) is 0 Å². The van der Waals surface area contributed by atoms with Gasteiger partial charge < -0.3 is 20.1 Å². The minimum atomic E-state index is -0.543. The van der Waals surface area contributed by atoms with Gasteiger partial charge in [0.2, 0.25) is 0 Å². The fourth-order valence-corrected chi connectivity index (χ4v) is 2.50. The molecule has 9 heteroatoms.